The van der Waals surface area contributed by atoms with Crippen LogP contribution in [0.15, 0.2) is 12.1 Å². The van der Waals surface area contributed by atoms with Gasteiger partial charge in [0.05, 0.1) is 0 Å². The molecule has 1 atom stereocenters. The zero-order chi connectivity index (χ0) is 15.7. The maximum atomic E-state index is 13.6. The third kappa shape index (κ3) is 3.25. The summed E-state index contributed by atoms with van der Waals surface area (Å²) in [5.41, 5.74) is 1.30. The van der Waals surface area contributed by atoms with Crippen LogP contribution in [0.2, 0.25) is 0 Å². The van der Waals surface area contributed by atoms with Crippen molar-refractivity contribution in [3.8, 4) is 0 Å². The van der Waals surface area contributed by atoms with Crippen LogP contribution in [0.3, 0.4) is 0 Å². The summed E-state index contributed by atoms with van der Waals surface area (Å²) in [5.74, 6) is 2.79. The summed E-state index contributed by atoms with van der Waals surface area (Å²) in [4.78, 5) is 13.8. The summed E-state index contributed by atoms with van der Waals surface area (Å²) in [6.07, 6.45) is 0. The number of nitrogens with zero attached hydrogens (tertiary/aromatic N) is 1. The smallest absolute Gasteiger partial charge is 0.254 e. The third-order valence-electron chi connectivity index (χ3n) is 3.59. The standard InChI is InChI=1S/C14H21F2N3O/c1-8(14(2,3)4)19(5)13(20)9-6-10(15)12(18-17)11(16)7-9/h6-8,18H,17H2,1-5H3. The van der Waals surface area contributed by atoms with Gasteiger partial charge in [-0.25, -0.2) is 8.78 Å². The Bertz CT molecular complexity index is 489. The number of carbonyl (C=O) groups is 1. The molecule has 0 aromatic heterocycles. The maximum Gasteiger partial charge on any atom is 0.254 e. The van der Waals surface area contributed by atoms with Crippen molar-refractivity contribution in [3.05, 3.63) is 29.3 Å². The lowest BCUT2D eigenvalue weighted by Crippen LogP contribution is -2.43. The number of halogens is 2. The molecule has 0 radical (unpaired) electrons. The molecule has 1 amide bonds. The van der Waals surface area contributed by atoms with Crippen molar-refractivity contribution in [3.63, 3.8) is 0 Å². The average molecular weight is 285 g/mol. The van der Waals surface area contributed by atoms with Crippen molar-refractivity contribution in [2.45, 2.75) is 33.7 Å². The lowest BCUT2D eigenvalue weighted by atomic mass is 9.87. The zero-order valence-electron chi connectivity index (χ0n) is 12.4. The summed E-state index contributed by atoms with van der Waals surface area (Å²) in [5, 5.41) is 0. The second-order valence-corrected chi connectivity index (χ2v) is 5.92. The van der Waals surface area contributed by atoms with Crippen LogP contribution in [0.4, 0.5) is 14.5 Å². The maximum absolute atomic E-state index is 13.6. The van der Waals surface area contributed by atoms with Crippen LogP contribution in [0.1, 0.15) is 38.1 Å². The monoisotopic (exact) mass is 285 g/mol. The Hall–Kier alpha value is -1.69. The highest BCUT2D eigenvalue weighted by Gasteiger charge is 2.28. The summed E-state index contributed by atoms with van der Waals surface area (Å²) < 4.78 is 27.2. The van der Waals surface area contributed by atoms with Crippen molar-refractivity contribution in [1.82, 2.24) is 4.90 Å². The Morgan fingerprint density at radius 3 is 2.10 bits per heavy atom. The molecule has 4 nitrogen and oxygen atoms in total. The van der Waals surface area contributed by atoms with Crippen molar-refractivity contribution >= 4 is 11.6 Å². The first-order valence-corrected chi connectivity index (χ1v) is 6.32. The molecule has 1 unspecified atom stereocenters. The Labute approximate surface area is 117 Å². The fraction of sp³-hybridized carbons (Fsp3) is 0.500. The van der Waals surface area contributed by atoms with E-state index in [1.54, 1.807) is 7.05 Å². The number of hydrazine groups is 1. The highest BCUT2D eigenvalue weighted by atomic mass is 19.1. The van der Waals surface area contributed by atoms with E-state index in [4.69, 9.17) is 5.84 Å². The molecule has 0 heterocycles. The van der Waals surface area contributed by atoms with Crippen molar-refractivity contribution in [2.75, 3.05) is 12.5 Å². The molecule has 1 aromatic rings. The topological polar surface area (TPSA) is 58.4 Å². The second-order valence-electron chi connectivity index (χ2n) is 5.92. The van der Waals surface area contributed by atoms with Gasteiger partial charge in [0.1, 0.15) is 5.69 Å². The minimum Gasteiger partial charge on any atom is -0.338 e. The van der Waals surface area contributed by atoms with Gasteiger partial charge in [-0.3, -0.25) is 10.6 Å². The summed E-state index contributed by atoms with van der Waals surface area (Å²) in [6.45, 7) is 7.86. The molecule has 0 fully saturated rings. The number of hydrogen-bond donors (Lipinski definition) is 2. The fourth-order valence-electron chi connectivity index (χ4n) is 1.79. The Morgan fingerprint density at radius 2 is 1.75 bits per heavy atom. The minimum absolute atomic E-state index is 0.0439. The molecule has 112 valence electrons. The highest BCUT2D eigenvalue weighted by molar-refractivity contribution is 5.94. The van der Waals surface area contributed by atoms with E-state index in [0.717, 1.165) is 12.1 Å². The Kier molecular flexibility index (Phi) is 4.70. The quantitative estimate of drug-likeness (QED) is 0.663. The Morgan fingerprint density at radius 1 is 1.30 bits per heavy atom. The van der Waals surface area contributed by atoms with E-state index in [0.29, 0.717) is 0 Å². The van der Waals surface area contributed by atoms with Crippen molar-refractivity contribution < 1.29 is 13.6 Å². The van der Waals surface area contributed by atoms with Crippen LogP contribution in [0, 0.1) is 17.0 Å². The van der Waals surface area contributed by atoms with Crippen LogP contribution in [-0.4, -0.2) is 23.9 Å². The molecule has 0 spiro atoms. The molecule has 1 rings (SSSR count). The number of rotatable bonds is 3. The number of amides is 1. The summed E-state index contributed by atoms with van der Waals surface area (Å²) in [6, 6.07) is 1.87. The van der Waals surface area contributed by atoms with Gasteiger partial charge in [0, 0.05) is 18.7 Å². The number of nitrogen functional groups attached to an aromatic ring is 1. The van der Waals surface area contributed by atoms with Gasteiger partial charge >= 0.3 is 0 Å². The molecule has 0 bridgehead atoms. The van der Waals surface area contributed by atoms with Gasteiger partial charge in [0.15, 0.2) is 11.6 Å². The second kappa shape index (κ2) is 5.75. The molecule has 20 heavy (non-hydrogen) atoms. The molecular formula is C14H21F2N3O. The van der Waals surface area contributed by atoms with Crippen LogP contribution in [-0.2, 0) is 0 Å². The molecule has 0 aliphatic rings. The number of nitrogens with two attached hydrogens (primary N) is 1. The van der Waals surface area contributed by atoms with E-state index < -0.39 is 23.2 Å². The van der Waals surface area contributed by atoms with Gasteiger partial charge in [-0.15, -0.1) is 0 Å². The van der Waals surface area contributed by atoms with Crippen LogP contribution in [0.5, 0.6) is 0 Å². The molecule has 6 heteroatoms. The first kappa shape index (κ1) is 16.4. The third-order valence-corrected chi connectivity index (χ3v) is 3.59. The van der Waals surface area contributed by atoms with Gasteiger partial charge in [0.2, 0.25) is 0 Å². The van der Waals surface area contributed by atoms with Gasteiger partial charge in [-0.2, -0.15) is 0 Å². The number of nitrogens with one attached hydrogen (secondary N) is 1. The number of carbonyl (C=O) groups excluding carboxylic acids is 1. The lowest BCUT2D eigenvalue weighted by Gasteiger charge is -2.35. The highest BCUT2D eigenvalue weighted by Crippen LogP contribution is 2.26. The molecule has 0 saturated carbocycles. The summed E-state index contributed by atoms with van der Waals surface area (Å²) in [7, 11) is 1.61. The first-order valence-electron chi connectivity index (χ1n) is 6.32. The minimum atomic E-state index is -0.896. The molecule has 0 saturated heterocycles. The van der Waals surface area contributed by atoms with Gasteiger partial charge in [-0.05, 0) is 24.5 Å². The van der Waals surface area contributed by atoms with Crippen molar-refractivity contribution in [2.24, 2.45) is 11.3 Å². The zero-order valence-corrected chi connectivity index (χ0v) is 12.4. The van der Waals surface area contributed by atoms with E-state index in [9.17, 15) is 13.6 Å². The van der Waals surface area contributed by atoms with E-state index in [2.05, 4.69) is 0 Å². The first-order chi connectivity index (χ1) is 9.09. The number of benzene rings is 1. The number of hydrogen-bond acceptors (Lipinski definition) is 3. The average Bonchev–Trinajstić information content (AvgIpc) is 2.34. The predicted octanol–water partition coefficient (Wildman–Crippen LogP) is 2.76. The van der Waals surface area contributed by atoms with Crippen LogP contribution < -0.4 is 11.3 Å². The normalized spacial score (nSPS) is 13.0. The van der Waals surface area contributed by atoms with Crippen molar-refractivity contribution in [1.29, 1.82) is 0 Å². The SMILES string of the molecule is CC(N(C)C(=O)c1cc(F)c(NN)c(F)c1)C(C)(C)C. The van der Waals surface area contributed by atoms with E-state index >= 15 is 0 Å². The Balaban J connectivity index is 3.10. The van der Waals surface area contributed by atoms with Crippen LogP contribution >= 0.6 is 0 Å². The largest absolute Gasteiger partial charge is 0.338 e. The van der Waals surface area contributed by atoms with Gasteiger partial charge in [0.25, 0.3) is 5.91 Å². The van der Waals surface area contributed by atoms with Gasteiger partial charge in [-0.1, -0.05) is 20.8 Å². The number of anilines is 1. The van der Waals surface area contributed by atoms with Gasteiger partial charge < -0.3 is 10.3 Å². The summed E-state index contributed by atoms with van der Waals surface area (Å²) >= 11 is 0. The molecule has 0 aliphatic heterocycles. The molecule has 3 N–H and O–H groups in total. The van der Waals surface area contributed by atoms with Crippen LogP contribution in [0.25, 0.3) is 0 Å². The molecule has 0 aliphatic carbocycles. The fourth-order valence-corrected chi connectivity index (χ4v) is 1.79. The van der Waals surface area contributed by atoms with E-state index in [1.807, 2.05) is 33.1 Å². The molecule has 1 aromatic carbocycles. The predicted molar refractivity (Wildman–Crippen MR) is 75.2 cm³/mol. The van der Waals surface area contributed by atoms with E-state index in [-0.39, 0.29) is 17.0 Å². The lowest BCUT2D eigenvalue weighted by molar-refractivity contribution is 0.0628. The molecular weight excluding hydrogens is 264 g/mol. The van der Waals surface area contributed by atoms with E-state index in [1.165, 1.54) is 4.90 Å².